The molecule has 1 saturated heterocycles. The second-order valence-corrected chi connectivity index (χ2v) is 11.1. The van der Waals surface area contributed by atoms with E-state index in [0.717, 1.165) is 10.9 Å². The lowest BCUT2D eigenvalue weighted by atomic mass is 9.90. The summed E-state index contributed by atoms with van der Waals surface area (Å²) in [4.78, 5) is 8.74. The summed E-state index contributed by atoms with van der Waals surface area (Å²) in [7, 11) is -2.29. The summed E-state index contributed by atoms with van der Waals surface area (Å²) in [5.74, 6) is 0.589. The maximum absolute atomic E-state index is 13.9. The lowest BCUT2D eigenvalue weighted by Crippen LogP contribution is -2.44. The highest BCUT2D eigenvalue weighted by atomic mass is 32.2. The Kier molecular flexibility index (Phi) is 5.57. The monoisotopic (exact) mass is 444 g/mol. The van der Waals surface area contributed by atoms with Crippen molar-refractivity contribution in [2.75, 3.05) is 37.6 Å². The van der Waals surface area contributed by atoms with Crippen molar-refractivity contribution in [3.8, 4) is 5.75 Å². The third kappa shape index (κ3) is 4.94. The van der Waals surface area contributed by atoms with E-state index in [9.17, 15) is 8.60 Å². The summed E-state index contributed by atoms with van der Waals surface area (Å²) < 4.78 is 41.5. The number of ether oxygens (including phenoxy) is 2. The molecule has 1 aliphatic rings. The number of anilines is 2. The van der Waals surface area contributed by atoms with Crippen LogP contribution in [0.3, 0.4) is 0 Å². The molecule has 0 radical (unpaired) electrons. The second-order valence-electron chi connectivity index (χ2n) is 8.51. The number of aromatic nitrogens is 2. The fourth-order valence-electron chi connectivity index (χ4n) is 3.41. The Morgan fingerprint density at radius 3 is 2.71 bits per heavy atom. The van der Waals surface area contributed by atoms with E-state index in [0.29, 0.717) is 48.3 Å². The van der Waals surface area contributed by atoms with E-state index in [1.165, 1.54) is 18.5 Å². The van der Waals surface area contributed by atoms with Crippen molar-refractivity contribution in [3.05, 3.63) is 48.0 Å². The van der Waals surface area contributed by atoms with Gasteiger partial charge in [0.15, 0.2) is 0 Å². The number of nitrogens with one attached hydrogen (secondary N) is 1. The maximum Gasteiger partial charge on any atom is 0.145 e. The maximum atomic E-state index is 13.9. The van der Waals surface area contributed by atoms with Gasteiger partial charge < -0.3 is 14.8 Å². The fraction of sp³-hybridized carbons (Fsp3) is 0.364. The third-order valence-electron chi connectivity index (χ3n) is 4.92. The lowest BCUT2D eigenvalue weighted by molar-refractivity contribution is -0.120. The first-order valence-electron chi connectivity index (χ1n) is 9.82. The van der Waals surface area contributed by atoms with E-state index in [2.05, 4.69) is 26.6 Å². The molecule has 164 valence electrons. The number of halogens is 1. The molecule has 0 aliphatic carbocycles. The summed E-state index contributed by atoms with van der Waals surface area (Å²) in [6, 6.07) is 7.98. The molecular formula is C22H25FN4O3S. The highest BCUT2D eigenvalue weighted by Crippen LogP contribution is 2.35. The lowest BCUT2D eigenvalue weighted by Gasteiger charge is -2.37. The Hall–Kier alpha value is -2.78. The zero-order valence-corrected chi connectivity index (χ0v) is 18.8. The molecular weight excluding hydrogens is 419 g/mol. The molecule has 0 amide bonds. The largest absolute Gasteiger partial charge is 0.491 e. The van der Waals surface area contributed by atoms with E-state index in [4.69, 9.17) is 9.47 Å². The molecule has 2 heterocycles. The van der Waals surface area contributed by atoms with Gasteiger partial charge in [0.1, 0.15) is 23.7 Å². The van der Waals surface area contributed by atoms with Gasteiger partial charge in [0.25, 0.3) is 0 Å². The predicted octanol–water partition coefficient (Wildman–Crippen LogP) is 4.60. The predicted molar refractivity (Wildman–Crippen MR) is 120 cm³/mol. The van der Waals surface area contributed by atoms with Crippen LogP contribution in [-0.2, 0) is 14.5 Å². The summed E-state index contributed by atoms with van der Waals surface area (Å²) in [6.07, 6.45) is 4.62. The van der Waals surface area contributed by atoms with E-state index in [1.54, 1.807) is 24.6 Å². The zero-order chi connectivity index (χ0) is 22.2. The Bertz CT molecular complexity index is 1260. The molecule has 0 saturated carbocycles. The quantitative estimate of drug-likeness (QED) is 0.598. The van der Waals surface area contributed by atoms with Gasteiger partial charge in [-0.15, -0.1) is 0 Å². The molecule has 9 heteroatoms. The van der Waals surface area contributed by atoms with Crippen LogP contribution >= 0.6 is 0 Å². The standard InChI is InChI=1S/C22H25FN4O3S/c1-14-7-16(27-31(3,4)28)9-18-20(14)21(25-13-24-18)26-17-6-5-15(23)8-19(17)30-12-22(2)10-29-11-22/h5-9,13H,10-12H2,1-4H3,(H,24,25,26). The van der Waals surface area contributed by atoms with Crippen molar-refractivity contribution in [3.63, 3.8) is 0 Å². The van der Waals surface area contributed by atoms with Crippen LogP contribution in [0.15, 0.2) is 41.0 Å². The molecule has 4 rings (SSSR count). The minimum atomic E-state index is -2.29. The molecule has 1 aromatic heterocycles. The van der Waals surface area contributed by atoms with Crippen LogP contribution in [0.4, 0.5) is 21.6 Å². The van der Waals surface area contributed by atoms with Gasteiger partial charge >= 0.3 is 0 Å². The topological polar surface area (TPSA) is 85.7 Å². The summed E-state index contributed by atoms with van der Waals surface area (Å²) in [5.41, 5.74) is 2.68. The fourth-order valence-corrected chi connectivity index (χ4v) is 4.02. The molecule has 0 bridgehead atoms. The van der Waals surface area contributed by atoms with Crippen LogP contribution < -0.4 is 10.1 Å². The molecule has 1 aliphatic heterocycles. The molecule has 1 fully saturated rings. The van der Waals surface area contributed by atoms with Crippen LogP contribution in [0.5, 0.6) is 5.75 Å². The van der Waals surface area contributed by atoms with Crippen LogP contribution in [0, 0.1) is 18.2 Å². The average molecular weight is 445 g/mol. The van der Waals surface area contributed by atoms with Crippen LogP contribution in [0.1, 0.15) is 12.5 Å². The van der Waals surface area contributed by atoms with Crippen LogP contribution in [-0.4, -0.2) is 46.5 Å². The van der Waals surface area contributed by atoms with Gasteiger partial charge in [-0.3, -0.25) is 0 Å². The minimum absolute atomic E-state index is 0.0704. The number of hydrogen-bond donors (Lipinski definition) is 1. The van der Waals surface area contributed by atoms with Gasteiger partial charge in [0.2, 0.25) is 0 Å². The van der Waals surface area contributed by atoms with Crippen molar-refractivity contribution < 1.29 is 18.1 Å². The van der Waals surface area contributed by atoms with Crippen molar-refractivity contribution in [1.29, 1.82) is 0 Å². The highest BCUT2D eigenvalue weighted by molar-refractivity contribution is 7.92. The van der Waals surface area contributed by atoms with E-state index in [-0.39, 0.29) is 11.2 Å². The second kappa shape index (κ2) is 8.05. The number of nitrogens with zero attached hydrogens (tertiary/aromatic N) is 3. The first-order valence-corrected chi connectivity index (χ1v) is 12.1. The van der Waals surface area contributed by atoms with Gasteiger partial charge in [-0.2, -0.15) is 4.36 Å². The third-order valence-corrected chi connectivity index (χ3v) is 5.57. The molecule has 1 N–H and O–H groups in total. The molecule has 3 aromatic rings. The number of aryl methyl sites for hydroxylation is 1. The van der Waals surface area contributed by atoms with Crippen molar-refractivity contribution in [1.82, 2.24) is 9.97 Å². The minimum Gasteiger partial charge on any atom is -0.491 e. The van der Waals surface area contributed by atoms with E-state index >= 15 is 0 Å². The molecule has 31 heavy (non-hydrogen) atoms. The number of rotatable bonds is 6. The smallest absolute Gasteiger partial charge is 0.145 e. The summed E-state index contributed by atoms with van der Waals surface area (Å²) in [6.45, 7) is 5.65. The Morgan fingerprint density at radius 1 is 1.26 bits per heavy atom. The summed E-state index contributed by atoms with van der Waals surface area (Å²) >= 11 is 0. The molecule has 0 atom stereocenters. The number of hydrogen-bond acceptors (Lipinski definition) is 7. The zero-order valence-electron chi connectivity index (χ0n) is 17.9. The highest BCUT2D eigenvalue weighted by Gasteiger charge is 2.34. The Balaban J connectivity index is 1.69. The molecule has 2 aromatic carbocycles. The summed E-state index contributed by atoms with van der Waals surface area (Å²) in [5, 5.41) is 4.06. The van der Waals surface area contributed by atoms with Gasteiger partial charge in [0, 0.05) is 39.1 Å². The van der Waals surface area contributed by atoms with Crippen molar-refractivity contribution in [2.24, 2.45) is 9.78 Å². The molecule has 0 unspecified atom stereocenters. The van der Waals surface area contributed by atoms with E-state index in [1.807, 2.05) is 13.0 Å². The molecule has 7 nitrogen and oxygen atoms in total. The van der Waals surface area contributed by atoms with E-state index < -0.39 is 9.73 Å². The first-order chi connectivity index (χ1) is 14.6. The number of benzene rings is 2. The van der Waals surface area contributed by atoms with Gasteiger partial charge in [0.05, 0.1) is 36.7 Å². The van der Waals surface area contributed by atoms with Crippen molar-refractivity contribution >= 4 is 37.8 Å². The Morgan fingerprint density at radius 2 is 2.03 bits per heavy atom. The average Bonchev–Trinajstić information content (AvgIpc) is 2.65. The Labute approximate surface area is 181 Å². The first kappa shape index (κ1) is 21.5. The van der Waals surface area contributed by atoms with Gasteiger partial charge in [-0.25, -0.2) is 18.6 Å². The van der Waals surface area contributed by atoms with Crippen LogP contribution in [0.2, 0.25) is 0 Å². The van der Waals surface area contributed by atoms with Crippen molar-refractivity contribution in [2.45, 2.75) is 13.8 Å². The normalized spacial score (nSPS) is 15.4. The van der Waals surface area contributed by atoms with Gasteiger partial charge in [-0.1, -0.05) is 6.92 Å². The van der Waals surface area contributed by atoms with Crippen LogP contribution in [0.25, 0.3) is 10.9 Å². The molecule has 0 spiro atoms. The number of fused-ring (bicyclic) bond motifs is 1. The SMILES string of the molecule is Cc1cc(N=S(C)(C)=O)cc2ncnc(Nc3ccc(F)cc3OCC3(C)COC3)c12. The van der Waals surface area contributed by atoms with Gasteiger partial charge in [-0.05, 0) is 36.8 Å².